The first-order valence-electron chi connectivity index (χ1n) is 14.2. The number of ether oxygens (including phenoxy) is 1. The number of aromatic nitrogens is 4. The number of anilines is 4. The number of nitrogens with one attached hydrogen (secondary N) is 3. The molecule has 4 heterocycles. The fraction of sp³-hybridized carbons (Fsp3) is 0.121. The van der Waals surface area contributed by atoms with Gasteiger partial charge in [0.1, 0.15) is 5.60 Å². The van der Waals surface area contributed by atoms with Gasteiger partial charge >= 0.3 is 6.09 Å². The minimum absolute atomic E-state index is 0. The summed E-state index contributed by atoms with van der Waals surface area (Å²) in [5.41, 5.74) is 14.7. The van der Waals surface area contributed by atoms with E-state index in [0.29, 0.717) is 28.6 Å². The maximum Gasteiger partial charge on any atom is 0.421 e. The fourth-order valence-corrected chi connectivity index (χ4v) is 4.27. The predicted octanol–water partition coefficient (Wildman–Crippen LogP) is 6.69. The van der Waals surface area contributed by atoms with Gasteiger partial charge in [-0.25, -0.2) is 19.3 Å². The van der Waals surface area contributed by atoms with Crippen molar-refractivity contribution < 1.29 is 28.0 Å². The number of benzene rings is 2. The molecule has 248 valence electrons. The van der Waals surface area contributed by atoms with Crippen LogP contribution in [0.4, 0.5) is 28.1 Å². The molecule has 48 heavy (non-hydrogen) atoms. The van der Waals surface area contributed by atoms with E-state index in [-0.39, 0.29) is 41.7 Å². The van der Waals surface area contributed by atoms with Crippen LogP contribution in [-0.2, 0) is 4.74 Å². The summed E-state index contributed by atoms with van der Waals surface area (Å²) in [4.78, 5) is 47.4. The molecule has 0 aliphatic heterocycles. The van der Waals surface area contributed by atoms with Crippen LogP contribution in [0.3, 0.4) is 0 Å². The maximum absolute atomic E-state index is 12.5. The molecule has 0 radical (unpaired) electrons. The van der Waals surface area contributed by atoms with Crippen molar-refractivity contribution in [1.82, 2.24) is 19.5 Å². The Balaban J connectivity index is 0.000000221. The number of halogens is 1. The summed E-state index contributed by atoms with van der Waals surface area (Å²) in [6.07, 6.45) is 5.37. The van der Waals surface area contributed by atoms with E-state index in [2.05, 4.69) is 25.6 Å². The predicted molar refractivity (Wildman–Crippen MR) is 183 cm³/mol. The van der Waals surface area contributed by atoms with Crippen molar-refractivity contribution in [3.8, 4) is 22.5 Å². The lowest BCUT2D eigenvalue weighted by atomic mass is 10.1. The molecule has 6 aromatic rings. The van der Waals surface area contributed by atoms with Gasteiger partial charge in [0.05, 0.1) is 36.3 Å². The Morgan fingerprint density at radius 3 is 1.85 bits per heavy atom. The van der Waals surface area contributed by atoms with Crippen molar-refractivity contribution in [1.29, 1.82) is 0 Å². The van der Waals surface area contributed by atoms with Crippen LogP contribution in [0.1, 0.15) is 41.9 Å². The van der Waals surface area contributed by atoms with Crippen LogP contribution in [0.5, 0.6) is 0 Å². The molecule has 2 amide bonds. The number of amides is 2. The van der Waals surface area contributed by atoms with Crippen molar-refractivity contribution in [2.75, 3.05) is 22.1 Å². The molecular formula is C33H33ClN8O6. The number of hydrogen-bond acceptors (Lipinski definition) is 10. The third-order valence-corrected chi connectivity index (χ3v) is 6.30. The maximum atomic E-state index is 12.5. The molecule has 0 fully saturated rings. The lowest BCUT2D eigenvalue weighted by molar-refractivity contribution is 0.0543. The highest BCUT2D eigenvalue weighted by Crippen LogP contribution is 2.26. The van der Waals surface area contributed by atoms with E-state index in [1.807, 2.05) is 18.2 Å². The zero-order valence-electron chi connectivity index (χ0n) is 26.1. The van der Waals surface area contributed by atoms with E-state index in [1.54, 1.807) is 81.6 Å². The van der Waals surface area contributed by atoms with Crippen LogP contribution in [0, 0.1) is 0 Å². The van der Waals surface area contributed by atoms with Crippen molar-refractivity contribution in [3.05, 3.63) is 109 Å². The quantitative estimate of drug-likeness (QED) is 0.127. The average molecular weight is 673 g/mol. The molecule has 15 heteroatoms. The van der Waals surface area contributed by atoms with E-state index >= 15 is 0 Å². The molecule has 0 spiro atoms. The third kappa shape index (κ3) is 8.70. The Bertz CT molecular complexity index is 1990. The molecule has 6 rings (SSSR count). The number of nitrogen functional groups attached to an aromatic ring is 2. The molecule has 0 saturated carbocycles. The second-order valence-corrected chi connectivity index (χ2v) is 11.0. The van der Waals surface area contributed by atoms with Crippen molar-refractivity contribution in [2.45, 2.75) is 26.4 Å². The van der Waals surface area contributed by atoms with E-state index in [9.17, 15) is 14.4 Å². The number of aromatic amines is 1. The number of nitrogens with zero attached hydrogens (tertiary/aromatic N) is 3. The van der Waals surface area contributed by atoms with E-state index in [1.165, 1.54) is 23.3 Å². The Labute approximate surface area is 280 Å². The number of rotatable bonds is 6. The molecule has 0 aliphatic rings. The minimum Gasteiger partial charge on any atom is -0.459 e. The van der Waals surface area contributed by atoms with Gasteiger partial charge in [-0.1, -0.05) is 24.3 Å². The highest BCUT2D eigenvalue weighted by molar-refractivity contribution is 6.03. The second-order valence-electron chi connectivity index (χ2n) is 11.0. The van der Waals surface area contributed by atoms with Gasteiger partial charge in [-0.2, -0.15) is 0 Å². The Kier molecular flexibility index (Phi) is 10.7. The van der Waals surface area contributed by atoms with Gasteiger partial charge in [0, 0.05) is 22.5 Å². The summed E-state index contributed by atoms with van der Waals surface area (Å²) in [7, 11) is 0. The van der Waals surface area contributed by atoms with Gasteiger partial charge in [-0.3, -0.25) is 9.59 Å². The molecule has 0 saturated heterocycles. The molecule has 14 nitrogen and oxygen atoms in total. The first-order chi connectivity index (χ1) is 22.5. The summed E-state index contributed by atoms with van der Waals surface area (Å²) < 4.78 is 16.7. The van der Waals surface area contributed by atoms with Crippen LogP contribution in [0.15, 0.2) is 107 Å². The number of imidazole rings is 2. The number of nitrogens with two attached hydrogens (primary N) is 2. The fourth-order valence-electron chi connectivity index (χ4n) is 4.27. The highest BCUT2D eigenvalue weighted by atomic mass is 35.5. The van der Waals surface area contributed by atoms with Crippen LogP contribution >= 0.6 is 12.4 Å². The topological polar surface area (TPSA) is 209 Å². The Morgan fingerprint density at radius 1 is 0.792 bits per heavy atom. The summed E-state index contributed by atoms with van der Waals surface area (Å²) in [5.74, 6) is 0.160. The summed E-state index contributed by atoms with van der Waals surface area (Å²) in [5, 5.41) is 5.50. The SMILES string of the molecule is CC(C)(C)OC(=O)n1c(-c2cccc(NC(=O)c3ccco3)c2)cnc1N.Cl.Nc1ncc(-c2cccc(NC(=O)c3ccco3)c2)[nH]1. The number of carbonyl (C=O) groups excluding carboxylic acids is 3. The molecular weight excluding hydrogens is 640 g/mol. The standard InChI is InChI=1S/C19H20N4O4.C14H12N4O2.ClH/c1-19(2,3)27-18(25)23-14(11-21-17(23)20)12-6-4-7-13(10-12)22-16(24)15-8-5-9-26-15;15-14-16-8-11(18-14)9-3-1-4-10(7-9)17-13(19)12-5-2-6-20-12;/h4-11H,1-3H3,(H2,20,21)(H,22,24);1-8H,(H,17,19)(H3,15,16,18);1H. The van der Waals surface area contributed by atoms with Crippen LogP contribution < -0.4 is 22.1 Å². The first kappa shape index (κ1) is 34.6. The number of furan rings is 2. The van der Waals surface area contributed by atoms with Crippen molar-refractivity contribution in [2.24, 2.45) is 0 Å². The zero-order valence-corrected chi connectivity index (χ0v) is 26.9. The Morgan fingerprint density at radius 2 is 1.35 bits per heavy atom. The molecule has 7 N–H and O–H groups in total. The largest absolute Gasteiger partial charge is 0.459 e. The third-order valence-electron chi connectivity index (χ3n) is 6.30. The molecule has 0 aliphatic carbocycles. The van der Waals surface area contributed by atoms with Gasteiger partial charge in [0.25, 0.3) is 11.8 Å². The average Bonchev–Trinajstić information content (AvgIpc) is 3.85. The molecule has 0 atom stereocenters. The molecule has 2 aromatic carbocycles. The lowest BCUT2D eigenvalue weighted by Gasteiger charge is -2.20. The smallest absolute Gasteiger partial charge is 0.421 e. The minimum atomic E-state index is -0.677. The van der Waals surface area contributed by atoms with Crippen molar-refractivity contribution in [3.63, 3.8) is 0 Å². The van der Waals surface area contributed by atoms with Gasteiger partial charge in [0.15, 0.2) is 17.5 Å². The van der Waals surface area contributed by atoms with Crippen LogP contribution in [0.2, 0.25) is 0 Å². The lowest BCUT2D eigenvalue weighted by Crippen LogP contribution is -2.28. The first-order valence-corrected chi connectivity index (χ1v) is 14.2. The zero-order chi connectivity index (χ0) is 33.6. The van der Waals surface area contributed by atoms with E-state index in [0.717, 1.165) is 11.3 Å². The van der Waals surface area contributed by atoms with Crippen molar-refractivity contribution >= 4 is 53.6 Å². The molecule has 0 bridgehead atoms. The molecule has 0 unspecified atom stereocenters. The summed E-state index contributed by atoms with van der Waals surface area (Å²) in [6, 6.07) is 20.8. The van der Waals surface area contributed by atoms with Gasteiger partial charge < -0.3 is 40.7 Å². The van der Waals surface area contributed by atoms with Gasteiger partial charge in [-0.15, -0.1) is 12.4 Å². The normalized spacial score (nSPS) is 10.6. The number of hydrogen-bond donors (Lipinski definition) is 5. The van der Waals surface area contributed by atoms with E-state index in [4.69, 9.17) is 25.0 Å². The van der Waals surface area contributed by atoms with E-state index < -0.39 is 11.7 Å². The number of H-pyrrole nitrogens is 1. The van der Waals surface area contributed by atoms with Gasteiger partial charge in [0.2, 0.25) is 5.95 Å². The summed E-state index contributed by atoms with van der Waals surface area (Å²) >= 11 is 0. The highest BCUT2D eigenvalue weighted by Gasteiger charge is 2.23. The monoisotopic (exact) mass is 672 g/mol. The summed E-state index contributed by atoms with van der Waals surface area (Å²) in [6.45, 7) is 5.30. The second kappa shape index (κ2) is 14.9. The van der Waals surface area contributed by atoms with Gasteiger partial charge in [-0.05, 0) is 69.3 Å². The molecule has 4 aromatic heterocycles. The van der Waals surface area contributed by atoms with Crippen LogP contribution in [0.25, 0.3) is 22.5 Å². The van der Waals surface area contributed by atoms with Crippen LogP contribution in [-0.4, -0.2) is 43.0 Å². The Hall–Kier alpha value is -6.28. The number of carbonyl (C=O) groups is 3.